The quantitative estimate of drug-likeness (QED) is 0.0454. The third kappa shape index (κ3) is 16.3. The van der Waals surface area contributed by atoms with Crippen LogP contribution in [0, 0.1) is 13.8 Å². The highest BCUT2D eigenvalue weighted by atomic mass is 32.2. The van der Waals surface area contributed by atoms with Gasteiger partial charge >= 0.3 is 5.97 Å². The molecule has 6 heterocycles. The van der Waals surface area contributed by atoms with Gasteiger partial charge in [-0.25, -0.2) is 9.31 Å². The number of rotatable bonds is 9. The summed E-state index contributed by atoms with van der Waals surface area (Å²) in [6.07, 6.45) is 3.45. The Morgan fingerprint density at radius 1 is 0.623 bits per heavy atom. The summed E-state index contributed by atoms with van der Waals surface area (Å²) in [5, 5.41) is 30.7. The number of carbonyl (C=O) groups excluding carboxylic acids is 1. The van der Waals surface area contributed by atoms with E-state index >= 15 is 0 Å². The van der Waals surface area contributed by atoms with Gasteiger partial charge in [0.15, 0.2) is 0 Å². The van der Waals surface area contributed by atoms with Crippen molar-refractivity contribution >= 4 is 80.0 Å². The molecule has 0 saturated carbocycles. The van der Waals surface area contributed by atoms with Crippen LogP contribution in [-0.4, -0.2) is 103 Å². The van der Waals surface area contributed by atoms with Crippen LogP contribution < -0.4 is 28.4 Å². The Kier molecular flexibility index (Phi) is 22.8. The maximum Gasteiger partial charge on any atom is 0.321 e. The van der Waals surface area contributed by atoms with Crippen LogP contribution >= 0.6 is 58.1 Å². The van der Waals surface area contributed by atoms with Gasteiger partial charge in [-0.2, -0.15) is 0 Å². The number of benzene rings is 4. The number of nitrogens with one attached hydrogen (secondary N) is 1. The van der Waals surface area contributed by atoms with Gasteiger partial charge in [-0.1, -0.05) is 151 Å². The minimum Gasteiger partial charge on any atom is -0.480 e. The van der Waals surface area contributed by atoms with Gasteiger partial charge in [-0.05, 0) is 69.6 Å². The summed E-state index contributed by atoms with van der Waals surface area (Å²) in [4.78, 5) is 25.2. The topological polar surface area (TPSA) is 280 Å². The molecule has 10 rings (SSSR count). The molecule has 2 fully saturated rings. The summed E-state index contributed by atoms with van der Waals surface area (Å²) in [5.41, 5.74) is 23.2. The number of hydrogen-bond acceptors (Lipinski definition) is 21. The number of carboxylic acids is 1. The maximum absolute atomic E-state index is 12.2. The number of nitrogens with zero attached hydrogens (tertiary/aromatic N) is 10. The van der Waals surface area contributed by atoms with Gasteiger partial charge in [0.2, 0.25) is 5.91 Å². The lowest BCUT2D eigenvalue weighted by Crippen LogP contribution is -2.43. The van der Waals surface area contributed by atoms with Gasteiger partial charge in [0.25, 0.3) is 0 Å². The van der Waals surface area contributed by atoms with Gasteiger partial charge in [-0.3, -0.25) is 15.4 Å². The number of aromatic nitrogens is 8. The van der Waals surface area contributed by atoms with E-state index in [-0.39, 0.29) is 18.0 Å². The van der Waals surface area contributed by atoms with Gasteiger partial charge < -0.3 is 27.6 Å². The van der Waals surface area contributed by atoms with Crippen molar-refractivity contribution in [2.75, 3.05) is 37.1 Å². The van der Waals surface area contributed by atoms with E-state index < -0.39 is 5.97 Å². The van der Waals surface area contributed by atoms with Crippen molar-refractivity contribution in [2.24, 2.45) is 17.3 Å². The zero-order chi connectivity index (χ0) is 49.4. The highest BCUT2D eigenvalue weighted by Crippen LogP contribution is 2.30. The Labute approximate surface area is 421 Å². The highest BCUT2D eigenvalue weighted by Gasteiger charge is 2.31. The summed E-state index contributed by atoms with van der Waals surface area (Å²) in [6.45, 7) is 5.67. The number of nitrogens with two attached hydrogens (primary N) is 4. The van der Waals surface area contributed by atoms with Gasteiger partial charge in [-0.15, -0.1) is 20.4 Å². The fourth-order valence-electron chi connectivity index (χ4n) is 6.74. The first-order valence-electron chi connectivity index (χ1n) is 21.6. The monoisotopic (exact) mass is 1030 g/mol. The minimum absolute atomic E-state index is 0.0896. The lowest BCUT2D eigenvalue weighted by molar-refractivity contribution is -0.140. The van der Waals surface area contributed by atoms with Crippen LogP contribution in [0.15, 0.2) is 121 Å². The van der Waals surface area contributed by atoms with Gasteiger partial charge in [0, 0.05) is 58.4 Å². The van der Waals surface area contributed by atoms with Crippen molar-refractivity contribution in [3.8, 4) is 45.0 Å². The maximum atomic E-state index is 12.2. The summed E-state index contributed by atoms with van der Waals surface area (Å²) in [6, 6.07) is 39.1. The molecule has 2 aliphatic rings. The molecule has 8 aromatic rings. The molecule has 0 aliphatic carbocycles. The molecule has 69 heavy (non-hydrogen) atoms. The van der Waals surface area contributed by atoms with Crippen LogP contribution in [0.25, 0.3) is 45.0 Å². The van der Waals surface area contributed by atoms with Crippen LogP contribution in [0.2, 0.25) is 0 Å². The molecular formula is C46H55N15O3S5. The molecular weight excluding hydrogens is 971 g/mol. The molecule has 2 aliphatic heterocycles. The van der Waals surface area contributed by atoms with E-state index in [1.54, 1.807) is 5.01 Å². The first kappa shape index (κ1) is 54.0. The largest absolute Gasteiger partial charge is 0.480 e. The van der Waals surface area contributed by atoms with Crippen molar-refractivity contribution in [2.45, 2.75) is 51.6 Å². The van der Waals surface area contributed by atoms with Crippen LogP contribution in [0.3, 0.4) is 0 Å². The van der Waals surface area contributed by atoms with Crippen molar-refractivity contribution < 1.29 is 14.7 Å². The smallest absolute Gasteiger partial charge is 0.321 e. The fraction of sp³-hybridized carbons (Fsp3) is 0.261. The average molecular weight is 1030 g/mol. The minimum atomic E-state index is -0.733. The van der Waals surface area contributed by atoms with E-state index in [0.29, 0.717) is 21.6 Å². The number of carbonyl (C=O) groups is 2. The molecule has 1 amide bonds. The van der Waals surface area contributed by atoms with E-state index in [1.807, 2.05) is 139 Å². The Morgan fingerprint density at radius 2 is 1.03 bits per heavy atom. The number of aliphatic carboxylic acids is 1. The number of amides is 1. The predicted octanol–water partition coefficient (Wildman–Crippen LogP) is 7.97. The number of nitrogen functional groups attached to an aromatic ring is 1. The zero-order valence-corrected chi connectivity index (χ0v) is 42.3. The van der Waals surface area contributed by atoms with Crippen molar-refractivity contribution in [1.82, 2.24) is 47.7 Å². The number of carboxylic acid groups (broad SMARTS) is 1. The molecule has 2 saturated heterocycles. The molecule has 4 aromatic heterocycles. The molecule has 0 radical (unpaired) electrons. The molecule has 4 aromatic carbocycles. The first-order chi connectivity index (χ1) is 33.6. The Balaban J connectivity index is 0.000000163. The standard InChI is InChI=1S/C13H15N5OS.2C9H8N2S.C8H7N3S.C6H12N2O2S.CH5N/c14-18-8-4-7-10(18)12(19)15-13-11(16-17-20-13)9-5-2-1-3-6-9;2*1-7-9(10-11-12-7)8-5-3-2-4-6-8;9-8-7(10-11-12-8)6-4-2-1-3-5-6;7-4-11-8-3-1-2-5(8)6(9)10;1-2/h1-3,5-6,10H,4,7-8,14H2,(H,15,19);2*2-6H,1H3;1-5H,9H2;5H,1-4,7H2,(H,9,10);2H2,1H3/t10-;;;;5-;/m0...0./s1. The number of hydrogen-bond donors (Lipinski definition) is 6. The van der Waals surface area contributed by atoms with Crippen LogP contribution in [-0.2, 0) is 9.59 Å². The Morgan fingerprint density at radius 3 is 1.43 bits per heavy atom. The van der Waals surface area contributed by atoms with Crippen LogP contribution in [0.1, 0.15) is 35.4 Å². The second-order valence-corrected chi connectivity index (χ2v) is 19.1. The summed E-state index contributed by atoms with van der Waals surface area (Å²) < 4.78 is 17.3. The number of anilines is 2. The Bertz CT molecular complexity index is 2510. The van der Waals surface area contributed by atoms with E-state index in [9.17, 15) is 9.59 Å². The van der Waals surface area contributed by atoms with E-state index in [1.165, 1.54) is 74.9 Å². The van der Waals surface area contributed by atoms with Crippen molar-refractivity contribution in [3.05, 3.63) is 131 Å². The van der Waals surface area contributed by atoms with Crippen LogP contribution in [0.4, 0.5) is 10.0 Å². The van der Waals surface area contributed by atoms with Gasteiger partial charge in [0.1, 0.15) is 44.9 Å². The fourth-order valence-corrected chi connectivity index (χ4v) is 9.60. The van der Waals surface area contributed by atoms with E-state index in [4.69, 9.17) is 22.4 Å². The third-order valence-electron chi connectivity index (χ3n) is 10.1. The molecule has 0 unspecified atom stereocenters. The molecule has 18 nitrogen and oxygen atoms in total. The van der Waals surface area contributed by atoms with Gasteiger partial charge in [0.05, 0.1) is 15.6 Å². The zero-order valence-electron chi connectivity index (χ0n) is 38.2. The van der Waals surface area contributed by atoms with Crippen molar-refractivity contribution in [1.29, 1.82) is 0 Å². The lowest BCUT2D eigenvalue weighted by Gasteiger charge is -2.17. The third-order valence-corrected chi connectivity index (χ3v) is 13.4. The lowest BCUT2D eigenvalue weighted by atomic mass is 10.1. The summed E-state index contributed by atoms with van der Waals surface area (Å²) in [5.74, 6) is 5.44. The van der Waals surface area contributed by atoms with Crippen molar-refractivity contribution in [3.63, 3.8) is 0 Å². The average Bonchev–Trinajstić information content (AvgIpc) is 4.27. The second kappa shape index (κ2) is 29.1. The summed E-state index contributed by atoms with van der Waals surface area (Å²) in [7, 11) is 1.50. The van der Waals surface area contributed by atoms with Crippen LogP contribution in [0.5, 0.6) is 0 Å². The summed E-state index contributed by atoms with van der Waals surface area (Å²) >= 11 is 6.68. The molecule has 10 N–H and O–H groups in total. The first-order valence-corrected chi connectivity index (χ1v) is 25.6. The molecule has 362 valence electrons. The number of aryl methyl sites for hydroxylation is 2. The highest BCUT2D eigenvalue weighted by molar-refractivity contribution is 7.97. The molecule has 23 heteroatoms. The molecule has 0 spiro atoms. The number of hydrazine groups is 1. The Hall–Kier alpha value is -5.99. The molecule has 2 atom stereocenters. The predicted molar refractivity (Wildman–Crippen MR) is 282 cm³/mol. The normalized spacial score (nSPS) is 15.0. The van der Waals surface area contributed by atoms with E-state index in [0.717, 1.165) is 78.1 Å². The van der Waals surface area contributed by atoms with E-state index in [2.05, 4.69) is 49.4 Å². The second-order valence-electron chi connectivity index (χ2n) is 14.6. The SMILES string of the molecule is CN.Cc1snnc1-c1ccccc1.Cc1snnc1-c1ccccc1.NCSN1CCC[C@H]1C(=O)O.NN1CCC[C@H]1C(=O)Nc1snnc1-c1ccccc1.Nc1snnc1-c1ccccc1. The molecule has 0 bridgehead atoms.